The Balaban J connectivity index is 2.44. The van der Waals surface area contributed by atoms with Crippen molar-refractivity contribution >= 4 is 29.0 Å². The lowest BCUT2D eigenvalue weighted by Crippen LogP contribution is -2.16. The van der Waals surface area contributed by atoms with Gasteiger partial charge < -0.3 is 14.2 Å². The maximum atomic E-state index is 12.0. The zero-order chi connectivity index (χ0) is 18.2. The Bertz CT molecular complexity index is 822. The van der Waals surface area contributed by atoms with Crippen molar-refractivity contribution in [2.45, 2.75) is 13.8 Å². The van der Waals surface area contributed by atoms with Gasteiger partial charge in [0.2, 0.25) is 5.76 Å². The lowest BCUT2D eigenvalue weighted by atomic mass is 10.0. The van der Waals surface area contributed by atoms with E-state index in [9.17, 15) is 14.4 Å². The summed E-state index contributed by atoms with van der Waals surface area (Å²) in [7, 11) is 0. The fourth-order valence-electron chi connectivity index (χ4n) is 2.23. The van der Waals surface area contributed by atoms with Gasteiger partial charge in [0.15, 0.2) is 6.29 Å². The molecule has 0 aromatic heterocycles. The fourth-order valence-corrected chi connectivity index (χ4v) is 2.23. The number of hydrogen-bond acceptors (Lipinski definition) is 6. The van der Waals surface area contributed by atoms with Crippen LogP contribution in [-0.4, -0.2) is 31.4 Å². The van der Waals surface area contributed by atoms with Crippen LogP contribution >= 0.6 is 0 Å². The van der Waals surface area contributed by atoms with Gasteiger partial charge in [-0.25, -0.2) is 9.59 Å². The first-order valence-corrected chi connectivity index (χ1v) is 7.81. The highest BCUT2D eigenvalue weighted by molar-refractivity contribution is 6.01. The van der Waals surface area contributed by atoms with Gasteiger partial charge in [0.1, 0.15) is 5.75 Å². The molecule has 0 fully saturated rings. The normalized spacial score (nSPS) is 11.0. The predicted octanol–water partition coefficient (Wildman–Crippen LogP) is 3.04. The number of aldehydes is 1. The number of carbonyl (C=O) groups excluding carboxylic acids is 3. The molecule has 130 valence electrons. The first-order valence-electron chi connectivity index (χ1n) is 7.81. The van der Waals surface area contributed by atoms with Crippen LogP contribution in [0.1, 0.15) is 24.2 Å². The molecular formula is C19H18O6. The van der Waals surface area contributed by atoms with Crippen molar-refractivity contribution < 1.29 is 28.6 Å². The largest absolute Gasteiger partial charge is 0.463 e. The van der Waals surface area contributed by atoms with Crippen molar-refractivity contribution in [2.75, 3.05) is 13.2 Å². The molecule has 2 aromatic rings. The van der Waals surface area contributed by atoms with E-state index in [0.717, 1.165) is 11.5 Å². The van der Waals surface area contributed by atoms with Gasteiger partial charge >= 0.3 is 11.9 Å². The molecule has 0 saturated carbocycles. The molecule has 0 N–H and O–H groups in total. The first kappa shape index (κ1) is 18.2. The molecule has 6 heteroatoms. The molecule has 0 heterocycles. The molecule has 0 amide bonds. The van der Waals surface area contributed by atoms with E-state index >= 15 is 0 Å². The molecule has 0 aliphatic carbocycles. The Kier molecular flexibility index (Phi) is 6.28. The van der Waals surface area contributed by atoms with Crippen molar-refractivity contribution in [3.05, 3.63) is 53.8 Å². The summed E-state index contributed by atoms with van der Waals surface area (Å²) in [6.07, 6.45) is 1.55. The Hall–Kier alpha value is -3.15. The number of esters is 2. The minimum absolute atomic E-state index is 0.112. The van der Waals surface area contributed by atoms with Crippen molar-refractivity contribution in [3.8, 4) is 5.75 Å². The summed E-state index contributed by atoms with van der Waals surface area (Å²) < 4.78 is 15.2. The van der Waals surface area contributed by atoms with E-state index in [1.807, 2.05) is 12.1 Å². The second-order valence-corrected chi connectivity index (χ2v) is 4.90. The molecule has 0 aliphatic rings. The van der Waals surface area contributed by atoms with E-state index < -0.39 is 11.9 Å². The summed E-state index contributed by atoms with van der Waals surface area (Å²) in [4.78, 5) is 35.2. The van der Waals surface area contributed by atoms with Crippen LogP contribution in [0.4, 0.5) is 0 Å². The van der Waals surface area contributed by atoms with Gasteiger partial charge in [0.25, 0.3) is 0 Å². The lowest BCUT2D eigenvalue weighted by molar-refractivity contribution is -0.143. The zero-order valence-electron chi connectivity index (χ0n) is 14.0. The van der Waals surface area contributed by atoms with E-state index in [0.29, 0.717) is 11.7 Å². The van der Waals surface area contributed by atoms with Gasteiger partial charge in [-0.05, 0) is 30.7 Å². The molecule has 0 unspecified atom stereocenters. The molecule has 0 aliphatic heterocycles. The van der Waals surface area contributed by atoms with Crippen LogP contribution in [-0.2, 0) is 19.1 Å². The lowest BCUT2D eigenvalue weighted by Gasteiger charge is -2.12. The smallest absolute Gasteiger partial charge is 0.374 e. The Morgan fingerprint density at radius 1 is 1.00 bits per heavy atom. The molecule has 2 aromatic carbocycles. The molecule has 6 nitrogen and oxygen atoms in total. The third kappa shape index (κ3) is 4.44. The Morgan fingerprint density at radius 2 is 1.72 bits per heavy atom. The van der Waals surface area contributed by atoms with Crippen LogP contribution < -0.4 is 4.74 Å². The average molecular weight is 342 g/mol. The summed E-state index contributed by atoms with van der Waals surface area (Å²) in [6, 6.07) is 10.6. The summed E-state index contributed by atoms with van der Waals surface area (Å²) in [5, 5.41) is 1.53. The van der Waals surface area contributed by atoms with Crippen LogP contribution in [0.2, 0.25) is 0 Å². The minimum Gasteiger partial charge on any atom is -0.463 e. The van der Waals surface area contributed by atoms with Gasteiger partial charge in [0, 0.05) is 0 Å². The second-order valence-electron chi connectivity index (χ2n) is 4.90. The summed E-state index contributed by atoms with van der Waals surface area (Å²) in [5.41, 5.74) is 0.275. The van der Waals surface area contributed by atoms with Crippen LogP contribution in [0.3, 0.4) is 0 Å². The molecule has 0 bridgehead atoms. The second kappa shape index (κ2) is 8.63. The van der Waals surface area contributed by atoms with Crippen LogP contribution in [0.25, 0.3) is 10.8 Å². The quantitative estimate of drug-likeness (QED) is 0.333. The van der Waals surface area contributed by atoms with Crippen molar-refractivity contribution in [1.29, 1.82) is 0 Å². The highest BCUT2D eigenvalue weighted by Gasteiger charge is 2.19. The van der Waals surface area contributed by atoms with Gasteiger partial charge in [-0.2, -0.15) is 0 Å². The Morgan fingerprint density at radius 3 is 2.40 bits per heavy atom. The summed E-state index contributed by atoms with van der Waals surface area (Å²) in [6.45, 7) is 3.54. The molecule has 0 saturated heterocycles. The van der Waals surface area contributed by atoms with Crippen molar-refractivity contribution in [2.24, 2.45) is 0 Å². The minimum atomic E-state index is -0.819. The number of rotatable bonds is 7. The zero-order valence-corrected chi connectivity index (χ0v) is 14.0. The van der Waals surface area contributed by atoms with E-state index in [1.54, 1.807) is 38.1 Å². The maximum absolute atomic E-state index is 12.0. The number of hydrogen-bond donors (Lipinski definition) is 0. The SMILES string of the molecule is CCOC(=O)/C=C(\Oc1ccc2ccccc2c1C=O)C(=O)OCC. The van der Waals surface area contributed by atoms with Gasteiger partial charge in [-0.15, -0.1) is 0 Å². The highest BCUT2D eigenvalue weighted by Crippen LogP contribution is 2.28. The van der Waals surface area contributed by atoms with E-state index in [4.69, 9.17) is 14.2 Å². The van der Waals surface area contributed by atoms with Crippen LogP contribution in [0, 0.1) is 0 Å². The standard InChI is InChI=1S/C19H18O6/c1-3-23-18(21)11-17(19(22)24-4-2)25-16-10-9-13-7-5-6-8-14(13)15(16)12-20/h5-12H,3-4H2,1-2H3/b17-11-. The molecule has 0 spiro atoms. The summed E-state index contributed by atoms with van der Waals surface area (Å²) >= 11 is 0. The number of fused-ring (bicyclic) bond motifs is 1. The van der Waals surface area contributed by atoms with E-state index in [2.05, 4.69) is 0 Å². The summed E-state index contributed by atoms with van der Waals surface area (Å²) in [5.74, 6) is -1.75. The van der Waals surface area contributed by atoms with Gasteiger partial charge in [0.05, 0.1) is 24.9 Å². The highest BCUT2D eigenvalue weighted by atomic mass is 16.6. The average Bonchev–Trinajstić information content (AvgIpc) is 2.61. The van der Waals surface area contributed by atoms with Crippen LogP contribution in [0.15, 0.2) is 48.2 Å². The van der Waals surface area contributed by atoms with Gasteiger partial charge in [-0.1, -0.05) is 30.3 Å². The fraction of sp³-hybridized carbons (Fsp3) is 0.211. The van der Waals surface area contributed by atoms with Crippen molar-refractivity contribution in [3.63, 3.8) is 0 Å². The van der Waals surface area contributed by atoms with Crippen molar-refractivity contribution in [1.82, 2.24) is 0 Å². The van der Waals surface area contributed by atoms with Gasteiger partial charge in [-0.3, -0.25) is 4.79 Å². The number of benzene rings is 2. The number of ether oxygens (including phenoxy) is 3. The number of carbonyl (C=O) groups is 3. The molecule has 0 radical (unpaired) electrons. The molecule has 25 heavy (non-hydrogen) atoms. The molecule has 0 atom stereocenters. The maximum Gasteiger partial charge on any atom is 0.374 e. The topological polar surface area (TPSA) is 78.9 Å². The molecular weight excluding hydrogens is 324 g/mol. The van der Waals surface area contributed by atoms with E-state index in [1.165, 1.54) is 0 Å². The predicted molar refractivity (Wildman–Crippen MR) is 91.3 cm³/mol. The van der Waals surface area contributed by atoms with E-state index in [-0.39, 0.29) is 30.3 Å². The first-order chi connectivity index (χ1) is 12.1. The monoisotopic (exact) mass is 342 g/mol. The third-order valence-electron chi connectivity index (χ3n) is 3.28. The molecule has 2 rings (SSSR count). The third-order valence-corrected chi connectivity index (χ3v) is 3.28. The Labute approximate surface area is 145 Å². The van der Waals surface area contributed by atoms with Crippen LogP contribution in [0.5, 0.6) is 5.75 Å².